The van der Waals surface area contributed by atoms with Gasteiger partial charge in [0, 0.05) is 23.9 Å². The van der Waals surface area contributed by atoms with E-state index in [0.29, 0.717) is 17.1 Å². The molecule has 0 aliphatic carbocycles. The molecule has 4 rings (SSSR count). The summed E-state index contributed by atoms with van der Waals surface area (Å²) in [6.45, 7) is -0.300. The van der Waals surface area contributed by atoms with Crippen molar-refractivity contribution < 1.29 is 27.8 Å². The fraction of sp³-hybridized carbons (Fsp3) is 0.190. The summed E-state index contributed by atoms with van der Waals surface area (Å²) in [5, 5.41) is 15.2. The van der Waals surface area contributed by atoms with Crippen LogP contribution in [-0.4, -0.2) is 52.8 Å². The van der Waals surface area contributed by atoms with Crippen LogP contribution in [0.1, 0.15) is 11.1 Å². The highest BCUT2D eigenvalue weighted by atomic mass is 19.1. The van der Waals surface area contributed by atoms with E-state index in [-0.39, 0.29) is 18.7 Å². The minimum atomic E-state index is -1.10. The predicted octanol–water partition coefficient (Wildman–Crippen LogP) is 1.04. The number of benzene rings is 1. The van der Waals surface area contributed by atoms with E-state index in [9.17, 15) is 18.4 Å². The van der Waals surface area contributed by atoms with Crippen molar-refractivity contribution in [3.8, 4) is 11.8 Å². The van der Waals surface area contributed by atoms with E-state index in [1.54, 1.807) is 12.1 Å². The standard InChI is InChI=1S/C21H14F2N6O3/c1-28-19-17(3-2-4-25-19)32-11-16(21(28)31)26-20(30)18-15(23)10-29(27-18)9-13-5-12(8-24)6-14(22)7-13/h2-7,16H,9,11H2,1H3/p+1/t16-/m0/s1. The first-order chi connectivity index (χ1) is 15.4. The Balaban J connectivity index is 1.48. The van der Waals surface area contributed by atoms with Crippen LogP contribution in [0.25, 0.3) is 0 Å². The van der Waals surface area contributed by atoms with Crippen molar-refractivity contribution in [2.45, 2.75) is 12.6 Å². The van der Waals surface area contributed by atoms with Gasteiger partial charge in [0.05, 0.1) is 11.6 Å². The van der Waals surface area contributed by atoms with Gasteiger partial charge >= 0.3 is 0 Å². The number of nitriles is 1. The van der Waals surface area contributed by atoms with Gasteiger partial charge in [-0.3, -0.25) is 14.5 Å². The zero-order chi connectivity index (χ0) is 22.8. The second kappa shape index (κ2) is 8.37. The van der Waals surface area contributed by atoms with E-state index in [2.05, 4.69) is 21.3 Å². The average molecular weight is 437 g/mol. The van der Waals surface area contributed by atoms with E-state index in [0.717, 1.165) is 16.8 Å². The summed E-state index contributed by atoms with van der Waals surface area (Å²) in [7, 11) is 1.49. The zero-order valence-electron chi connectivity index (χ0n) is 16.7. The van der Waals surface area contributed by atoms with Crippen LogP contribution in [0.4, 0.5) is 14.6 Å². The van der Waals surface area contributed by atoms with Gasteiger partial charge in [-0.2, -0.15) is 9.65 Å². The molecule has 1 N–H and O–H groups in total. The molecule has 2 aliphatic heterocycles. The summed E-state index contributed by atoms with van der Waals surface area (Å²) in [6.07, 6.45) is 1.50. The number of carbonyl (C=O) groups is 2. The number of amides is 2. The molecule has 1 aromatic carbocycles. The number of hydrazone groups is 1. The van der Waals surface area contributed by atoms with Crippen LogP contribution in [0.5, 0.6) is 5.75 Å². The normalized spacial score (nSPS) is 17.3. The highest BCUT2D eigenvalue weighted by molar-refractivity contribution is 6.46. The zero-order valence-corrected chi connectivity index (χ0v) is 16.7. The highest BCUT2D eigenvalue weighted by Crippen LogP contribution is 2.27. The molecular formula is C21H15F2N6O3+. The fourth-order valence-corrected chi connectivity index (χ4v) is 3.21. The SMILES string of the molecule is CN1C(=O)[C@@H](NC(=O)C2=N[N+](Cc3cc(F)cc(C#N)c3)=C=C2F)COc2cccnc21. The quantitative estimate of drug-likeness (QED) is 0.719. The van der Waals surface area contributed by atoms with Gasteiger partial charge in [0.2, 0.25) is 18.1 Å². The maximum absolute atomic E-state index is 14.3. The van der Waals surface area contributed by atoms with Crippen LogP contribution in [0.3, 0.4) is 0 Å². The molecule has 3 heterocycles. The number of halogens is 2. The minimum absolute atomic E-state index is 0.0945. The number of carbonyl (C=O) groups excluding carboxylic acids is 2. The largest absolute Gasteiger partial charge is 0.487 e. The monoisotopic (exact) mass is 437 g/mol. The Morgan fingerprint density at radius 1 is 1.44 bits per heavy atom. The lowest BCUT2D eigenvalue weighted by Crippen LogP contribution is -2.51. The molecule has 32 heavy (non-hydrogen) atoms. The van der Waals surface area contributed by atoms with Gasteiger partial charge in [-0.15, -0.1) is 0 Å². The Hall–Kier alpha value is -4.42. The maximum atomic E-state index is 14.3. The lowest BCUT2D eigenvalue weighted by Gasteiger charge is -2.19. The molecule has 0 saturated heterocycles. The van der Waals surface area contributed by atoms with Crippen LogP contribution in [0.2, 0.25) is 0 Å². The van der Waals surface area contributed by atoms with Crippen LogP contribution in [-0.2, 0) is 16.1 Å². The van der Waals surface area contributed by atoms with Gasteiger partial charge in [0.25, 0.3) is 17.6 Å². The van der Waals surface area contributed by atoms with Crippen LogP contribution >= 0.6 is 0 Å². The molecule has 0 spiro atoms. The van der Waals surface area contributed by atoms with Crippen molar-refractivity contribution in [2.24, 2.45) is 5.10 Å². The number of hydrogen-bond donors (Lipinski definition) is 1. The first-order valence-corrected chi connectivity index (χ1v) is 9.37. The fourth-order valence-electron chi connectivity index (χ4n) is 3.21. The van der Waals surface area contributed by atoms with E-state index in [1.165, 1.54) is 24.2 Å². The first kappa shape index (κ1) is 20.8. The molecule has 0 unspecified atom stereocenters. The third-order valence-corrected chi connectivity index (χ3v) is 4.70. The summed E-state index contributed by atoms with van der Waals surface area (Å²) >= 11 is 0. The number of aromatic nitrogens is 1. The number of anilines is 1. The van der Waals surface area contributed by atoms with Crippen molar-refractivity contribution in [3.05, 3.63) is 59.3 Å². The summed E-state index contributed by atoms with van der Waals surface area (Å²) in [6, 6.07) is 7.64. The van der Waals surface area contributed by atoms with Crippen molar-refractivity contribution in [1.29, 1.82) is 5.26 Å². The van der Waals surface area contributed by atoms with Crippen LogP contribution < -0.4 is 15.0 Å². The van der Waals surface area contributed by atoms with Crippen molar-refractivity contribution in [2.75, 3.05) is 18.6 Å². The number of hydrogen-bond acceptors (Lipinski definition) is 6. The summed E-state index contributed by atoms with van der Waals surface area (Å²) in [4.78, 5) is 30.6. The third-order valence-electron chi connectivity index (χ3n) is 4.70. The number of fused-ring (bicyclic) bond motifs is 1. The van der Waals surface area contributed by atoms with E-state index < -0.39 is 35.2 Å². The number of pyridine rings is 1. The van der Waals surface area contributed by atoms with Gasteiger partial charge in [-0.25, -0.2) is 9.37 Å². The Kier molecular flexibility index (Phi) is 5.45. The molecule has 0 bridgehead atoms. The summed E-state index contributed by atoms with van der Waals surface area (Å²) in [5.74, 6) is -0.190. The van der Waals surface area contributed by atoms with Crippen molar-refractivity contribution in [3.63, 3.8) is 0 Å². The summed E-state index contributed by atoms with van der Waals surface area (Å²) < 4.78 is 34.5. The molecule has 0 radical (unpaired) electrons. The number of rotatable bonds is 4. The second-order valence-electron chi connectivity index (χ2n) is 6.95. The topological polar surface area (TPSA) is 111 Å². The van der Waals surface area contributed by atoms with Gasteiger partial charge < -0.3 is 10.1 Å². The van der Waals surface area contributed by atoms with Crippen LogP contribution in [0, 0.1) is 17.1 Å². The molecule has 2 aromatic rings. The lowest BCUT2D eigenvalue weighted by atomic mass is 10.1. The average Bonchev–Trinajstić information content (AvgIpc) is 3.09. The molecule has 1 aromatic heterocycles. The Morgan fingerprint density at radius 2 is 2.25 bits per heavy atom. The van der Waals surface area contributed by atoms with E-state index in [1.807, 2.05) is 6.07 Å². The number of nitrogens with one attached hydrogen (secondary N) is 1. The van der Waals surface area contributed by atoms with E-state index in [4.69, 9.17) is 10.00 Å². The molecule has 0 saturated carbocycles. The molecular weight excluding hydrogens is 422 g/mol. The number of likely N-dealkylation sites (N-methyl/N-ethyl adjacent to an activating group) is 1. The van der Waals surface area contributed by atoms with Gasteiger partial charge in [-0.1, -0.05) is 0 Å². The minimum Gasteiger partial charge on any atom is -0.487 e. The molecule has 160 valence electrons. The Morgan fingerprint density at radius 3 is 3.03 bits per heavy atom. The lowest BCUT2D eigenvalue weighted by molar-refractivity contribution is -0.540. The molecule has 9 nitrogen and oxygen atoms in total. The molecule has 0 fully saturated rings. The Bertz CT molecular complexity index is 1280. The Labute approximate surface area is 180 Å². The van der Waals surface area contributed by atoms with Gasteiger partial charge in [0.1, 0.15) is 18.5 Å². The van der Waals surface area contributed by atoms with Crippen LogP contribution in [0.15, 0.2) is 47.5 Å². The third kappa shape index (κ3) is 4.08. The number of ether oxygens (including phenoxy) is 1. The first-order valence-electron chi connectivity index (χ1n) is 9.37. The highest BCUT2D eigenvalue weighted by Gasteiger charge is 2.35. The number of nitrogens with zero attached hydrogens (tertiary/aromatic N) is 5. The van der Waals surface area contributed by atoms with Gasteiger partial charge in [-0.05, 0) is 35.0 Å². The van der Waals surface area contributed by atoms with Crippen molar-refractivity contribution in [1.82, 2.24) is 10.3 Å². The smallest absolute Gasteiger partial charge is 0.280 e. The molecule has 11 heteroatoms. The summed E-state index contributed by atoms with van der Waals surface area (Å²) in [5.41, 5.74) is -0.152. The molecule has 2 amide bonds. The van der Waals surface area contributed by atoms with Crippen molar-refractivity contribution >= 4 is 29.2 Å². The molecule has 2 aliphatic rings. The predicted molar refractivity (Wildman–Crippen MR) is 107 cm³/mol. The maximum Gasteiger partial charge on any atom is 0.280 e. The van der Waals surface area contributed by atoms with Gasteiger partial charge in [0.15, 0.2) is 11.6 Å². The van der Waals surface area contributed by atoms with E-state index >= 15 is 0 Å². The molecule has 1 atom stereocenters. The second-order valence-corrected chi connectivity index (χ2v) is 6.95.